The van der Waals surface area contributed by atoms with Crippen molar-refractivity contribution in [3.05, 3.63) is 70.6 Å². The SMILES string of the molecule is CC(=O)N(O)C(C)c1ccc(C#Cc2cc3ccccc3s2)cc1. The molecule has 3 aromatic rings. The van der Waals surface area contributed by atoms with E-state index in [9.17, 15) is 10.0 Å². The van der Waals surface area contributed by atoms with E-state index in [0.29, 0.717) is 0 Å². The first-order valence-corrected chi connectivity index (χ1v) is 8.45. The molecule has 1 unspecified atom stereocenters. The number of hydrogen-bond donors (Lipinski definition) is 1. The van der Waals surface area contributed by atoms with Gasteiger partial charge in [0.05, 0.1) is 10.9 Å². The molecule has 1 amide bonds. The van der Waals surface area contributed by atoms with Crippen molar-refractivity contribution >= 4 is 27.3 Å². The Morgan fingerprint density at radius 3 is 2.50 bits per heavy atom. The molecule has 0 spiro atoms. The summed E-state index contributed by atoms with van der Waals surface area (Å²) >= 11 is 1.68. The van der Waals surface area contributed by atoms with E-state index >= 15 is 0 Å². The van der Waals surface area contributed by atoms with Crippen LogP contribution in [0.2, 0.25) is 0 Å². The molecule has 0 radical (unpaired) electrons. The molecule has 0 aliphatic rings. The van der Waals surface area contributed by atoms with Gasteiger partial charge in [-0.25, -0.2) is 5.06 Å². The lowest BCUT2D eigenvalue weighted by atomic mass is 10.1. The topological polar surface area (TPSA) is 40.5 Å². The van der Waals surface area contributed by atoms with Crippen LogP contribution < -0.4 is 0 Å². The van der Waals surface area contributed by atoms with Crippen molar-refractivity contribution in [2.24, 2.45) is 0 Å². The van der Waals surface area contributed by atoms with Crippen molar-refractivity contribution in [2.45, 2.75) is 19.9 Å². The van der Waals surface area contributed by atoms with E-state index in [1.807, 2.05) is 36.4 Å². The second-order valence-electron chi connectivity index (χ2n) is 5.56. The number of thiophene rings is 1. The molecular weight excluding hydrogens is 318 g/mol. The quantitative estimate of drug-likeness (QED) is 0.422. The number of carbonyl (C=O) groups is 1. The lowest BCUT2D eigenvalue weighted by Gasteiger charge is -2.21. The first-order chi connectivity index (χ1) is 11.5. The summed E-state index contributed by atoms with van der Waals surface area (Å²) in [5.41, 5.74) is 1.76. The Bertz CT molecular complexity index is 898. The van der Waals surface area contributed by atoms with Crippen LogP contribution in [0.5, 0.6) is 0 Å². The van der Waals surface area contributed by atoms with E-state index in [1.165, 1.54) is 17.0 Å². The van der Waals surface area contributed by atoms with Crippen LogP contribution in [0.3, 0.4) is 0 Å². The molecule has 0 fully saturated rings. The molecule has 1 heterocycles. The van der Waals surface area contributed by atoms with Gasteiger partial charge in [-0.1, -0.05) is 42.2 Å². The first kappa shape index (κ1) is 16.3. The van der Waals surface area contributed by atoms with Crippen LogP contribution in [0.4, 0.5) is 0 Å². The molecule has 1 atom stereocenters. The van der Waals surface area contributed by atoms with Gasteiger partial charge in [-0.15, -0.1) is 11.3 Å². The van der Waals surface area contributed by atoms with Gasteiger partial charge >= 0.3 is 0 Å². The van der Waals surface area contributed by atoms with Gasteiger partial charge in [0, 0.05) is 17.2 Å². The maximum Gasteiger partial charge on any atom is 0.243 e. The Hall–Kier alpha value is -2.61. The molecule has 24 heavy (non-hydrogen) atoms. The summed E-state index contributed by atoms with van der Waals surface area (Å²) in [4.78, 5) is 12.2. The summed E-state index contributed by atoms with van der Waals surface area (Å²) in [5, 5.41) is 11.6. The van der Waals surface area contributed by atoms with Crippen LogP contribution in [-0.4, -0.2) is 16.2 Å². The molecule has 0 aliphatic heterocycles. The maximum atomic E-state index is 11.2. The van der Waals surface area contributed by atoms with Crippen molar-refractivity contribution in [2.75, 3.05) is 0 Å². The average Bonchev–Trinajstić information content (AvgIpc) is 3.02. The molecular formula is C20H17NO2S. The molecule has 2 aromatic carbocycles. The van der Waals surface area contributed by atoms with E-state index in [-0.39, 0.29) is 11.9 Å². The summed E-state index contributed by atoms with van der Waals surface area (Å²) < 4.78 is 1.23. The predicted octanol–water partition coefficient (Wildman–Crippen LogP) is 4.60. The number of rotatable bonds is 2. The van der Waals surface area contributed by atoms with Gasteiger partial charge in [0.25, 0.3) is 0 Å². The Balaban J connectivity index is 1.78. The summed E-state index contributed by atoms with van der Waals surface area (Å²) in [7, 11) is 0. The average molecular weight is 335 g/mol. The van der Waals surface area contributed by atoms with Crippen molar-refractivity contribution in [3.63, 3.8) is 0 Å². The number of fused-ring (bicyclic) bond motifs is 1. The predicted molar refractivity (Wildman–Crippen MR) is 97.0 cm³/mol. The molecule has 0 saturated carbocycles. The van der Waals surface area contributed by atoms with Gasteiger partial charge in [-0.05, 0) is 42.1 Å². The second kappa shape index (κ2) is 6.88. The van der Waals surface area contributed by atoms with Gasteiger partial charge in [0.2, 0.25) is 5.91 Å². The number of nitrogens with zero attached hydrogens (tertiary/aromatic N) is 1. The van der Waals surface area contributed by atoms with Crippen LogP contribution in [0.25, 0.3) is 10.1 Å². The Morgan fingerprint density at radius 2 is 1.83 bits per heavy atom. The van der Waals surface area contributed by atoms with E-state index in [0.717, 1.165) is 21.1 Å². The second-order valence-corrected chi connectivity index (χ2v) is 6.64. The number of carbonyl (C=O) groups excluding carboxylic acids is 1. The van der Waals surface area contributed by atoms with Gasteiger partial charge in [-0.2, -0.15) is 0 Å². The molecule has 3 rings (SSSR count). The molecule has 1 N–H and O–H groups in total. The fourth-order valence-corrected chi connectivity index (χ4v) is 3.35. The summed E-state index contributed by atoms with van der Waals surface area (Å²) in [6.45, 7) is 3.11. The van der Waals surface area contributed by atoms with Gasteiger partial charge in [0.1, 0.15) is 0 Å². The molecule has 3 nitrogen and oxygen atoms in total. The number of benzene rings is 2. The van der Waals surface area contributed by atoms with E-state index in [2.05, 4.69) is 30.0 Å². The lowest BCUT2D eigenvalue weighted by Crippen LogP contribution is -2.27. The minimum absolute atomic E-state index is 0.379. The van der Waals surface area contributed by atoms with Gasteiger partial charge < -0.3 is 0 Å². The summed E-state index contributed by atoms with van der Waals surface area (Å²) in [6.07, 6.45) is 0. The van der Waals surface area contributed by atoms with Crippen LogP contribution in [-0.2, 0) is 4.79 Å². The molecule has 0 saturated heterocycles. The number of hydrogen-bond acceptors (Lipinski definition) is 3. The highest BCUT2D eigenvalue weighted by atomic mass is 32.1. The smallest absolute Gasteiger partial charge is 0.243 e. The fraction of sp³-hybridized carbons (Fsp3) is 0.150. The first-order valence-electron chi connectivity index (χ1n) is 7.64. The van der Waals surface area contributed by atoms with Gasteiger partial charge in [-0.3, -0.25) is 10.0 Å². The van der Waals surface area contributed by atoms with Crippen molar-refractivity contribution in [3.8, 4) is 11.8 Å². The Morgan fingerprint density at radius 1 is 1.12 bits per heavy atom. The lowest BCUT2D eigenvalue weighted by molar-refractivity contribution is -0.172. The standard InChI is InChI=1S/C20H17NO2S/c1-14(21(23)15(2)22)17-10-7-16(8-11-17)9-12-19-13-18-5-3-4-6-20(18)24-19/h3-8,10-11,13-14,23H,1-2H3. The Labute approximate surface area is 145 Å². The highest BCUT2D eigenvalue weighted by molar-refractivity contribution is 7.19. The zero-order chi connectivity index (χ0) is 17.1. The summed E-state index contributed by atoms with van der Waals surface area (Å²) in [6, 6.07) is 17.5. The van der Waals surface area contributed by atoms with E-state index in [4.69, 9.17) is 0 Å². The van der Waals surface area contributed by atoms with Crippen molar-refractivity contribution < 1.29 is 10.0 Å². The fourth-order valence-electron chi connectivity index (χ4n) is 2.44. The zero-order valence-electron chi connectivity index (χ0n) is 13.5. The third kappa shape index (κ3) is 3.48. The maximum absolute atomic E-state index is 11.2. The third-order valence-corrected chi connectivity index (χ3v) is 4.87. The highest BCUT2D eigenvalue weighted by Gasteiger charge is 2.15. The van der Waals surface area contributed by atoms with E-state index < -0.39 is 0 Å². The van der Waals surface area contributed by atoms with Crippen LogP contribution in [0.15, 0.2) is 54.6 Å². The van der Waals surface area contributed by atoms with Crippen LogP contribution in [0.1, 0.15) is 35.9 Å². The van der Waals surface area contributed by atoms with Crippen LogP contribution in [0, 0.1) is 11.8 Å². The monoisotopic (exact) mass is 335 g/mol. The molecule has 0 bridgehead atoms. The minimum atomic E-state index is -0.382. The third-order valence-electron chi connectivity index (χ3n) is 3.84. The van der Waals surface area contributed by atoms with Crippen LogP contribution >= 0.6 is 11.3 Å². The van der Waals surface area contributed by atoms with Crippen molar-refractivity contribution in [1.29, 1.82) is 0 Å². The largest absolute Gasteiger partial charge is 0.285 e. The number of amides is 1. The van der Waals surface area contributed by atoms with Crippen molar-refractivity contribution in [1.82, 2.24) is 5.06 Å². The molecule has 120 valence electrons. The zero-order valence-corrected chi connectivity index (χ0v) is 14.3. The normalized spacial score (nSPS) is 11.6. The Kier molecular flexibility index (Phi) is 4.66. The highest BCUT2D eigenvalue weighted by Crippen LogP contribution is 2.24. The molecule has 1 aromatic heterocycles. The molecule has 4 heteroatoms. The summed E-state index contributed by atoms with van der Waals surface area (Å²) in [5.74, 6) is 5.97. The minimum Gasteiger partial charge on any atom is -0.285 e. The van der Waals surface area contributed by atoms with E-state index in [1.54, 1.807) is 18.3 Å². The number of hydroxylamine groups is 2. The molecule has 0 aliphatic carbocycles. The van der Waals surface area contributed by atoms with Gasteiger partial charge in [0.15, 0.2) is 0 Å².